The zero-order valence-electron chi connectivity index (χ0n) is 11.3. The summed E-state index contributed by atoms with van der Waals surface area (Å²) in [4.78, 5) is 25.8. The summed E-state index contributed by atoms with van der Waals surface area (Å²) in [6, 6.07) is 3.78. The normalized spacial score (nSPS) is 20.2. The molecule has 2 N–H and O–H groups in total. The van der Waals surface area contributed by atoms with Crippen molar-refractivity contribution >= 4 is 11.8 Å². The van der Waals surface area contributed by atoms with Gasteiger partial charge in [-0.15, -0.1) is 0 Å². The number of hydrogen-bond acceptors (Lipinski definition) is 4. The van der Waals surface area contributed by atoms with E-state index in [0.29, 0.717) is 11.7 Å². The average Bonchev–Trinajstić information content (AvgIpc) is 2.78. The first kappa shape index (κ1) is 13.8. The van der Waals surface area contributed by atoms with Crippen molar-refractivity contribution in [1.29, 1.82) is 0 Å². The maximum absolute atomic E-state index is 11.9. The van der Waals surface area contributed by atoms with Gasteiger partial charge in [0.05, 0.1) is 6.54 Å². The highest BCUT2D eigenvalue weighted by atomic mass is 16.2. The standard InChI is InChI=1S/C13H20N4O2/c1-10-8-14-5-7-17(10)9-12(18)15-13(19)11-4-3-6-16(11)2/h3-4,6,10,14H,5,7-9H2,1-2H3,(H,15,18,19)/t10-/m1/s1. The third kappa shape index (κ3) is 3.42. The second-order valence-corrected chi connectivity index (χ2v) is 4.91. The highest BCUT2D eigenvalue weighted by molar-refractivity contribution is 6.04. The zero-order chi connectivity index (χ0) is 13.8. The predicted molar refractivity (Wildman–Crippen MR) is 71.8 cm³/mol. The summed E-state index contributed by atoms with van der Waals surface area (Å²) in [6.45, 7) is 4.91. The Morgan fingerprint density at radius 3 is 2.95 bits per heavy atom. The number of aromatic nitrogens is 1. The molecule has 1 aromatic heterocycles. The van der Waals surface area contributed by atoms with Gasteiger partial charge in [0.25, 0.3) is 5.91 Å². The Morgan fingerprint density at radius 1 is 1.53 bits per heavy atom. The van der Waals surface area contributed by atoms with Crippen LogP contribution in [0.3, 0.4) is 0 Å². The minimum absolute atomic E-state index is 0.250. The number of nitrogens with zero attached hydrogens (tertiary/aromatic N) is 2. The summed E-state index contributed by atoms with van der Waals surface area (Å²) < 4.78 is 1.69. The van der Waals surface area contributed by atoms with Crippen LogP contribution in [-0.4, -0.2) is 53.5 Å². The van der Waals surface area contributed by atoms with Gasteiger partial charge in [0.15, 0.2) is 0 Å². The van der Waals surface area contributed by atoms with Crippen LogP contribution >= 0.6 is 0 Å². The van der Waals surface area contributed by atoms with Crippen LogP contribution in [0.4, 0.5) is 0 Å². The van der Waals surface area contributed by atoms with Gasteiger partial charge in [0, 0.05) is 38.9 Å². The number of piperazine rings is 1. The van der Waals surface area contributed by atoms with Crippen molar-refractivity contribution in [2.24, 2.45) is 7.05 Å². The molecule has 2 rings (SSSR count). The topological polar surface area (TPSA) is 66.4 Å². The van der Waals surface area contributed by atoms with Gasteiger partial charge in [-0.1, -0.05) is 0 Å². The first-order chi connectivity index (χ1) is 9.08. The summed E-state index contributed by atoms with van der Waals surface area (Å²) in [5, 5.41) is 5.69. The van der Waals surface area contributed by atoms with E-state index in [-0.39, 0.29) is 18.4 Å². The molecule has 0 bridgehead atoms. The van der Waals surface area contributed by atoms with Gasteiger partial charge >= 0.3 is 0 Å². The summed E-state index contributed by atoms with van der Waals surface area (Å²) in [5.41, 5.74) is 0.488. The molecule has 6 nitrogen and oxygen atoms in total. The molecule has 104 valence electrons. The van der Waals surface area contributed by atoms with E-state index in [0.717, 1.165) is 19.6 Å². The monoisotopic (exact) mass is 264 g/mol. The molecule has 2 heterocycles. The number of hydrogen-bond donors (Lipinski definition) is 2. The van der Waals surface area contributed by atoms with E-state index in [1.54, 1.807) is 29.9 Å². The summed E-state index contributed by atoms with van der Waals surface area (Å²) >= 11 is 0. The van der Waals surface area contributed by atoms with E-state index in [1.165, 1.54) is 0 Å². The van der Waals surface area contributed by atoms with Crippen LogP contribution < -0.4 is 10.6 Å². The van der Waals surface area contributed by atoms with Crippen molar-refractivity contribution in [2.45, 2.75) is 13.0 Å². The number of imide groups is 1. The maximum Gasteiger partial charge on any atom is 0.274 e. The number of carbonyl (C=O) groups excluding carboxylic acids is 2. The molecule has 1 aromatic rings. The van der Waals surface area contributed by atoms with E-state index < -0.39 is 0 Å². The molecule has 1 saturated heterocycles. The highest BCUT2D eigenvalue weighted by Gasteiger charge is 2.21. The molecule has 1 aliphatic rings. The Hall–Kier alpha value is -1.66. The van der Waals surface area contributed by atoms with Crippen LogP contribution in [0.1, 0.15) is 17.4 Å². The second kappa shape index (κ2) is 5.99. The molecule has 2 amide bonds. The van der Waals surface area contributed by atoms with Crippen molar-refractivity contribution in [1.82, 2.24) is 20.1 Å². The van der Waals surface area contributed by atoms with Gasteiger partial charge < -0.3 is 9.88 Å². The Labute approximate surface area is 112 Å². The van der Waals surface area contributed by atoms with Crippen LogP contribution in [-0.2, 0) is 11.8 Å². The molecule has 6 heteroatoms. The molecule has 0 aliphatic carbocycles. The summed E-state index contributed by atoms with van der Waals surface area (Å²) in [7, 11) is 1.78. The zero-order valence-corrected chi connectivity index (χ0v) is 11.3. The van der Waals surface area contributed by atoms with Gasteiger partial charge in [0.2, 0.25) is 5.91 Å². The van der Waals surface area contributed by atoms with Gasteiger partial charge in [0.1, 0.15) is 5.69 Å². The highest BCUT2D eigenvalue weighted by Crippen LogP contribution is 2.02. The van der Waals surface area contributed by atoms with E-state index in [4.69, 9.17) is 0 Å². The number of aryl methyl sites for hydroxylation is 1. The van der Waals surface area contributed by atoms with Gasteiger partial charge in [-0.3, -0.25) is 19.8 Å². The van der Waals surface area contributed by atoms with Crippen molar-refractivity contribution in [3.63, 3.8) is 0 Å². The van der Waals surface area contributed by atoms with Crippen molar-refractivity contribution in [3.8, 4) is 0 Å². The Morgan fingerprint density at radius 2 is 2.32 bits per heavy atom. The Kier molecular flexibility index (Phi) is 4.34. The third-order valence-corrected chi connectivity index (χ3v) is 3.41. The molecule has 19 heavy (non-hydrogen) atoms. The largest absolute Gasteiger partial charge is 0.347 e. The molecule has 0 saturated carbocycles. The van der Waals surface area contributed by atoms with Gasteiger partial charge in [-0.25, -0.2) is 0 Å². The molecule has 0 radical (unpaired) electrons. The van der Waals surface area contributed by atoms with E-state index in [1.807, 2.05) is 0 Å². The smallest absolute Gasteiger partial charge is 0.274 e. The van der Waals surface area contributed by atoms with Crippen molar-refractivity contribution in [3.05, 3.63) is 24.0 Å². The fourth-order valence-electron chi connectivity index (χ4n) is 2.23. The van der Waals surface area contributed by atoms with Gasteiger partial charge in [-0.2, -0.15) is 0 Å². The molecule has 1 fully saturated rings. The first-order valence-electron chi connectivity index (χ1n) is 6.48. The molecule has 0 unspecified atom stereocenters. The lowest BCUT2D eigenvalue weighted by Crippen LogP contribution is -2.53. The minimum Gasteiger partial charge on any atom is -0.347 e. The molecule has 1 atom stereocenters. The van der Waals surface area contributed by atoms with Crippen LogP contribution in [0.2, 0.25) is 0 Å². The lowest BCUT2D eigenvalue weighted by atomic mass is 10.2. The second-order valence-electron chi connectivity index (χ2n) is 4.91. The molecule has 1 aliphatic heterocycles. The fourth-order valence-corrected chi connectivity index (χ4v) is 2.23. The van der Waals surface area contributed by atoms with Crippen LogP contribution in [0.5, 0.6) is 0 Å². The molecular weight excluding hydrogens is 244 g/mol. The van der Waals surface area contributed by atoms with Crippen LogP contribution in [0.25, 0.3) is 0 Å². The van der Waals surface area contributed by atoms with Crippen LogP contribution in [0, 0.1) is 0 Å². The molecular formula is C13H20N4O2. The quantitative estimate of drug-likeness (QED) is 0.778. The van der Waals surface area contributed by atoms with E-state index >= 15 is 0 Å². The fraction of sp³-hybridized carbons (Fsp3) is 0.538. The minimum atomic E-state index is -0.347. The number of amides is 2. The predicted octanol–water partition coefficient (Wildman–Crippen LogP) is -0.425. The summed E-state index contributed by atoms with van der Waals surface area (Å²) in [6.07, 6.45) is 1.78. The first-order valence-corrected chi connectivity index (χ1v) is 6.48. The maximum atomic E-state index is 11.9. The SMILES string of the molecule is C[C@@H]1CNCCN1CC(=O)NC(=O)c1cccn1C. The number of carbonyl (C=O) groups is 2. The van der Waals surface area contributed by atoms with Crippen molar-refractivity contribution in [2.75, 3.05) is 26.2 Å². The molecule has 0 aromatic carbocycles. The summed E-state index contributed by atoms with van der Waals surface area (Å²) in [5.74, 6) is -0.597. The van der Waals surface area contributed by atoms with E-state index in [9.17, 15) is 9.59 Å². The molecule has 0 spiro atoms. The number of nitrogens with one attached hydrogen (secondary N) is 2. The Bertz CT molecular complexity index is 469. The lowest BCUT2D eigenvalue weighted by molar-refractivity contribution is -0.122. The Balaban J connectivity index is 1.87. The van der Waals surface area contributed by atoms with Crippen molar-refractivity contribution < 1.29 is 9.59 Å². The average molecular weight is 264 g/mol. The lowest BCUT2D eigenvalue weighted by Gasteiger charge is -2.33. The van der Waals surface area contributed by atoms with Crippen LogP contribution in [0.15, 0.2) is 18.3 Å². The third-order valence-electron chi connectivity index (χ3n) is 3.41. The van der Waals surface area contributed by atoms with E-state index in [2.05, 4.69) is 22.5 Å². The number of rotatable bonds is 3. The van der Waals surface area contributed by atoms with Gasteiger partial charge in [-0.05, 0) is 19.1 Å².